The topological polar surface area (TPSA) is 43.7 Å². The zero-order chi connectivity index (χ0) is 14.6. The van der Waals surface area contributed by atoms with Gasteiger partial charge in [-0.25, -0.2) is 0 Å². The van der Waals surface area contributed by atoms with Gasteiger partial charge in [-0.1, -0.05) is 0 Å². The fraction of sp³-hybridized carbons (Fsp3) is 1.00. The van der Waals surface area contributed by atoms with Crippen LogP contribution in [-0.4, -0.2) is 65.2 Å². The number of hydroxylamine groups is 2. The fourth-order valence-corrected chi connectivity index (χ4v) is 2.28. The largest absolute Gasteiger partial charge is 0.391 e. The van der Waals surface area contributed by atoms with E-state index in [2.05, 4.69) is 48.8 Å². The van der Waals surface area contributed by atoms with Crippen molar-refractivity contribution in [1.82, 2.24) is 5.06 Å². The number of aliphatic hydroxyl groups is 1. The molecule has 0 bridgehead atoms. The zero-order valence-electron chi connectivity index (χ0n) is 13.3. The fourth-order valence-electron chi connectivity index (χ4n) is 2.28. The van der Waals surface area contributed by atoms with Gasteiger partial charge in [0.1, 0.15) is 6.54 Å². The third kappa shape index (κ3) is 6.14. The Hall–Kier alpha value is -0.160. The second-order valence-electron chi connectivity index (χ2n) is 7.53. The maximum atomic E-state index is 9.80. The van der Waals surface area contributed by atoms with Crippen molar-refractivity contribution in [2.24, 2.45) is 0 Å². The first kappa shape index (κ1) is 17.8. The monoisotopic (exact) mass is 261 g/mol. The average molecular weight is 261 g/mol. The summed E-state index contributed by atoms with van der Waals surface area (Å²) in [5.41, 5.74) is -0.0799. The number of aliphatic hydroxyl groups excluding tert-OH is 1. The molecule has 4 heteroatoms. The summed E-state index contributed by atoms with van der Waals surface area (Å²) in [7, 11) is 6.16. The highest BCUT2D eigenvalue weighted by atomic mass is 16.5. The summed E-state index contributed by atoms with van der Waals surface area (Å²) < 4.78 is 0.844. The van der Waals surface area contributed by atoms with Gasteiger partial charge in [0.2, 0.25) is 0 Å². The van der Waals surface area contributed by atoms with Crippen molar-refractivity contribution in [3.8, 4) is 0 Å². The number of hydrogen-bond donors (Lipinski definition) is 2. The van der Waals surface area contributed by atoms with Gasteiger partial charge in [0.15, 0.2) is 0 Å². The Labute approximate surface area is 113 Å². The predicted molar refractivity (Wildman–Crippen MR) is 75.6 cm³/mol. The summed E-state index contributed by atoms with van der Waals surface area (Å²) in [6, 6.07) is 0. The van der Waals surface area contributed by atoms with Gasteiger partial charge in [0.05, 0.1) is 27.7 Å². The lowest BCUT2D eigenvalue weighted by Gasteiger charge is -2.48. The number of rotatable bonds is 2. The number of piperidine rings is 1. The van der Waals surface area contributed by atoms with Crippen LogP contribution < -0.4 is 0 Å². The molecule has 1 heterocycles. The van der Waals surface area contributed by atoms with E-state index in [0.29, 0.717) is 0 Å². The number of nitrogens with zero attached hydrogens (tertiary/aromatic N) is 2. The van der Waals surface area contributed by atoms with Crippen molar-refractivity contribution in [2.45, 2.75) is 58.0 Å². The molecule has 1 aliphatic heterocycles. The quantitative estimate of drug-likeness (QED) is 0.748. The molecule has 1 fully saturated rings. The minimum Gasteiger partial charge on any atom is -0.391 e. The summed E-state index contributed by atoms with van der Waals surface area (Å²) in [5, 5.41) is 19.7. The standard InChI is InChI=1S/C9H19NO.C5H14NO/c1-8(2)6-5-7-9(3,4)10(8)11;1-6(2,3)4-5-7/h11H,5-7H2,1-4H3;7H,4-5H2,1-3H3/q;+1. The highest BCUT2D eigenvalue weighted by molar-refractivity contribution is 4.91. The Morgan fingerprint density at radius 3 is 1.56 bits per heavy atom. The highest BCUT2D eigenvalue weighted by Gasteiger charge is 2.40. The molecular weight excluding hydrogens is 228 g/mol. The highest BCUT2D eigenvalue weighted by Crippen LogP contribution is 2.35. The molecule has 0 spiro atoms. The zero-order valence-corrected chi connectivity index (χ0v) is 13.3. The molecule has 0 aromatic rings. The van der Waals surface area contributed by atoms with E-state index in [1.165, 1.54) is 11.5 Å². The van der Waals surface area contributed by atoms with Gasteiger partial charge in [-0.3, -0.25) is 0 Å². The molecule has 0 unspecified atom stereocenters. The lowest BCUT2D eigenvalue weighted by Crippen LogP contribution is -2.56. The van der Waals surface area contributed by atoms with Gasteiger partial charge in [0.25, 0.3) is 0 Å². The summed E-state index contributed by atoms with van der Waals surface area (Å²) >= 11 is 0. The molecule has 0 atom stereocenters. The van der Waals surface area contributed by atoms with Crippen LogP contribution in [0.15, 0.2) is 0 Å². The molecule has 1 rings (SSSR count). The normalized spacial score (nSPS) is 23.2. The Morgan fingerprint density at radius 1 is 1.00 bits per heavy atom. The van der Waals surface area contributed by atoms with Crippen LogP contribution in [-0.2, 0) is 0 Å². The van der Waals surface area contributed by atoms with Crippen LogP contribution >= 0.6 is 0 Å². The van der Waals surface area contributed by atoms with Crippen molar-refractivity contribution in [1.29, 1.82) is 0 Å². The maximum Gasteiger partial charge on any atom is 0.101 e. The molecule has 4 nitrogen and oxygen atoms in total. The maximum absolute atomic E-state index is 9.80. The third-order valence-electron chi connectivity index (χ3n) is 3.49. The lowest BCUT2D eigenvalue weighted by molar-refractivity contribution is -0.870. The van der Waals surface area contributed by atoms with Crippen molar-refractivity contribution >= 4 is 0 Å². The first-order valence-corrected chi connectivity index (χ1v) is 6.83. The van der Waals surface area contributed by atoms with E-state index in [1.54, 1.807) is 0 Å². The molecule has 1 saturated heterocycles. The minimum absolute atomic E-state index is 0.0399. The first-order chi connectivity index (χ1) is 7.92. The number of hydrogen-bond acceptors (Lipinski definition) is 3. The van der Waals surface area contributed by atoms with Crippen molar-refractivity contribution in [3.63, 3.8) is 0 Å². The summed E-state index contributed by atoms with van der Waals surface area (Å²) in [5.74, 6) is 0. The Morgan fingerprint density at radius 2 is 1.39 bits per heavy atom. The second-order valence-corrected chi connectivity index (χ2v) is 7.53. The van der Waals surface area contributed by atoms with Crippen LogP contribution in [0.3, 0.4) is 0 Å². The van der Waals surface area contributed by atoms with Crippen LogP contribution in [0.1, 0.15) is 47.0 Å². The van der Waals surface area contributed by atoms with E-state index in [-0.39, 0.29) is 17.7 Å². The van der Waals surface area contributed by atoms with E-state index in [1.807, 2.05) is 0 Å². The first-order valence-electron chi connectivity index (χ1n) is 6.83. The van der Waals surface area contributed by atoms with E-state index >= 15 is 0 Å². The van der Waals surface area contributed by atoms with Gasteiger partial charge >= 0.3 is 0 Å². The molecule has 0 radical (unpaired) electrons. The molecule has 0 aromatic heterocycles. The van der Waals surface area contributed by atoms with Crippen LogP contribution in [0.5, 0.6) is 0 Å². The van der Waals surface area contributed by atoms with Crippen molar-refractivity contribution in [2.75, 3.05) is 34.3 Å². The third-order valence-corrected chi connectivity index (χ3v) is 3.49. The summed E-state index contributed by atoms with van der Waals surface area (Å²) in [4.78, 5) is 0. The van der Waals surface area contributed by atoms with Gasteiger partial charge in [-0.15, -0.1) is 0 Å². The average Bonchev–Trinajstić information content (AvgIpc) is 2.13. The van der Waals surface area contributed by atoms with Crippen LogP contribution in [0.25, 0.3) is 0 Å². The van der Waals surface area contributed by atoms with Gasteiger partial charge in [-0.2, -0.15) is 5.06 Å². The molecule has 0 saturated carbocycles. The molecule has 0 aliphatic carbocycles. The van der Waals surface area contributed by atoms with Crippen LogP contribution in [0.2, 0.25) is 0 Å². The molecule has 110 valence electrons. The SMILES string of the molecule is CC1(C)CCCC(C)(C)N1O.C[N+](C)(C)CCO. The molecule has 0 amide bonds. The Bertz CT molecular complexity index is 229. The molecule has 18 heavy (non-hydrogen) atoms. The predicted octanol–water partition coefficient (Wildman–Crippen LogP) is 2.10. The molecule has 0 aromatic carbocycles. The minimum atomic E-state index is -0.0399. The van der Waals surface area contributed by atoms with E-state index in [0.717, 1.165) is 23.9 Å². The molecular formula is C14H33N2O2+. The van der Waals surface area contributed by atoms with Gasteiger partial charge in [0, 0.05) is 11.1 Å². The Kier molecular flexibility index (Phi) is 6.27. The Balaban J connectivity index is 0.000000360. The van der Waals surface area contributed by atoms with Crippen LogP contribution in [0.4, 0.5) is 0 Å². The van der Waals surface area contributed by atoms with E-state index in [9.17, 15) is 5.21 Å². The van der Waals surface area contributed by atoms with Gasteiger partial charge in [-0.05, 0) is 47.0 Å². The molecule has 1 aliphatic rings. The second kappa shape index (κ2) is 6.33. The van der Waals surface area contributed by atoms with Crippen molar-refractivity contribution < 1.29 is 14.8 Å². The summed E-state index contributed by atoms with van der Waals surface area (Å²) in [6.07, 6.45) is 3.40. The number of quaternary nitrogens is 1. The van der Waals surface area contributed by atoms with E-state index in [4.69, 9.17) is 5.11 Å². The summed E-state index contributed by atoms with van der Waals surface area (Å²) in [6.45, 7) is 9.48. The smallest absolute Gasteiger partial charge is 0.101 e. The van der Waals surface area contributed by atoms with Crippen molar-refractivity contribution in [3.05, 3.63) is 0 Å². The van der Waals surface area contributed by atoms with E-state index < -0.39 is 0 Å². The lowest BCUT2D eigenvalue weighted by atomic mass is 9.82. The number of likely N-dealkylation sites (N-methyl/N-ethyl adjacent to an activating group) is 1. The molecule has 2 N–H and O–H groups in total. The van der Waals surface area contributed by atoms with Gasteiger partial charge < -0.3 is 14.8 Å². The van der Waals surface area contributed by atoms with Crippen LogP contribution in [0, 0.1) is 0 Å².